The Balaban J connectivity index is 2.06. The van der Waals surface area contributed by atoms with Crippen LogP contribution in [-0.2, 0) is 19.6 Å². The molecule has 6 nitrogen and oxygen atoms in total. The average molecular weight is 399 g/mol. The summed E-state index contributed by atoms with van der Waals surface area (Å²) in [6.07, 6.45) is 0. The number of nitrogens with zero attached hydrogens (tertiary/aromatic N) is 1. The fourth-order valence-electron chi connectivity index (χ4n) is 2.84. The minimum atomic E-state index is -3.99. The van der Waals surface area contributed by atoms with Crippen LogP contribution in [0.3, 0.4) is 0 Å². The lowest BCUT2D eigenvalue weighted by Crippen LogP contribution is -2.36. The highest BCUT2D eigenvalue weighted by atomic mass is 32.2. The van der Waals surface area contributed by atoms with Crippen molar-refractivity contribution in [2.75, 3.05) is 24.6 Å². The maximum absolute atomic E-state index is 13.4. The Morgan fingerprint density at radius 2 is 1.64 bits per heavy atom. The molecule has 3 aromatic rings. The van der Waals surface area contributed by atoms with Gasteiger partial charge in [0.1, 0.15) is 12.3 Å². The molecule has 0 N–H and O–H groups in total. The second-order valence-corrected chi connectivity index (χ2v) is 7.89. The third-order valence-electron chi connectivity index (χ3n) is 4.25. The van der Waals surface area contributed by atoms with Crippen molar-refractivity contribution in [3.63, 3.8) is 0 Å². The van der Waals surface area contributed by atoms with E-state index in [2.05, 4.69) is 0 Å². The number of fused-ring (bicyclic) bond motifs is 1. The molecule has 0 radical (unpaired) electrons. The lowest BCUT2D eigenvalue weighted by molar-refractivity contribution is -0.141. The van der Waals surface area contributed by atoms with Crippen LogP contribution in [0.5, 0.6) is 5.75 Å². The molecule has 0 saturated carbocycles. The van der Waals surface area contributed by atoms with Gasteiger partial charge in [0.25, 0.3) is 10.0 Å². The molecule has 0 aliphatic carbocycles. The molecule has 7 heteroatoms. The zero-order valence-electron chi connectivity index (χ0n) is 15.7. The first-order valence-electron chi connectivity index (χ1n) is 8.77. The van der Waals surface area contributed by atoms with Gasteiger partial charge in [0, 0.05) is 0 Å². The maximum atomic E-state index is 13.4. The summed E-state index contributed by atoms with van der Waals surface area (Å²) in [4.78, 5) is 12.2. The highest BCUT2D eigenvalue weighted by Gasteiger charge is 2.28. The largest absolute Gasteiger partial charge is 0.497 e. The second-order valence-electron chi connectivity index (χ2n) is 6.02. The Kier molecular flexibility index (Phi) is 5.84. The highest BCUT2D eigenvalue weighted by molar-refractivity contribution is 7.92. The van der Waals surface area contributed by atoms with E-state index in [4.69, 9.17) is 9.47 Å². The smallest absolute Gasteiger partial charge is 0.326 e. The van der Waals surface area contributed by atoms with Gasteiger partial charge in [0.15, 0.2) is 0 Å². The molecule has 0 aromatic heterocycles. The van der Waals surface area contributed by atoms with Crippen molar-refractivity contribution in [2.24, 2.45) is 0 Å². The third kappa shape index (κ3) is 4.09. The van der Waals surface area contributed by atoms with E-state index in [0.717, 1.165) is 15.1 Å². The van der Waals surface area contributed by atoms with Crippen LogP contribution in [0.1, 0.15) is 6.92 Å². The van der Waals surface area contributed by atoms with Crippen LogP contribution in [0.15, 0.2) is 71.6 Å². The standard InChI is InChI=1S/C21H21NO5S/c1-3-27-21(23)15-22(18-9-11-19(26-2)12-10-18)28(24,25)20-13-8-16-6-4-5-7-17(16)14-20/h4-14H,3,15H2,1-2H3. The summed E-state index contributed by atoms with van der Waals surface area (Å²) in [6.45, 7) is 1.42. The fourth-order valence-corrected chi connectivity index (χ4v) is 4.29. The van der Waals surface area contributed by atoms with Crippen molar-refractivity contribution in [3.05, 3.63) is 66.7 Å². The fraction of sp³-hybridized carbons (Fsp3) is 0.190. The second kappa shape index (κ2) is 8.31. The van der Waals surface area contributed by atoms with Gasteiger partial charge in [0.05, 0.1) is 24.3 Å². The van der Waals surface area contributed by atoms with E-state index in [0.29, 0.717) is 11.4 Å². The number of sulfonamides is 1. The number of carbonyl (C=O) groups excluding carboxylic acids is 1. The quantitative estimate of drug-likeness (QED) is 0.568. The van der Waals surface area contributed by atoms with Crippen molar-refractivity contribution in [1.82, 2.24) is 0 Å². The van der Waals surface area contributed by atoms with Crippen molar-refractivity contribution in [3.8, 4) is 5.75 Å². The highest BCUT2D eigenvalue weighted by Crippen LogP contribution is 2.27. The summed E-state index contributed by atoms with van der Waals surface area (Å²) in [5.41, 5.74) is 0.349. The summed E-state index contributed by atoms with van der Waals surface area (Å²) in [7, 11) is -2.46. The van der Waals surface area contributed by atoms with Crippen LogP contribution in [0.4, 0.5) is 5.69 Å². The predicted molar refractivity (Wildman–Crippen MR) is 108 cm³/mol. The lowest BCUT2D eigenvalue weighted by Gasteiger charge is -2.24. The summed E-state index contributed by atoms with van der Waals surface area (Å²) >= 11 is 0. The number of carbonyl (C=O) groups is 1. The Labute approximate surface area is 164 Å². The van der Waals surface area contributed by atoms with Gasteiger partial charge in [0.2, 0.25) is 0 Å². The number of ether oxygens (including phenoxy) is 2. The molecule has 0 amide bonds. The zero-order chi connectivity index (χ0) is 20.1. The van der Waals surface area contributed by atoms with Gasteiger partial charge >= 0.3 is 5.97 Å². The van der Waals surface area contributed by atoms with Crippen molar-refractivity contribution >= 4 is 32.5 Å². The first-order chi connectivity index (χ1) is 13.5. The molecule has 146 valence electrons. The number of methoxy groups -OCH3 is 1. The summed E-state index contributed by atoms with van der Waals surface area (Å²) in [5.74, 6) is -0.0365. The number of anilines is 1. The first-order valence-corrected chi connectivity index (χ1v) is 10.2. The molecule has 28 heavy (non-hydrogen) atoms. The van der Waals surface area contributed by atoms with Crippen LogP contribution >= 0.6 is 0 Å². The van der Waals surface area contributed by atoms with Crippen LogP contribution < -0.4 is 9.04 Å². The number of esters is 1. The molecule has 0 aliphatic rings. The molecule has 0 atom stereocenters. The Hall–Kier alpha value is -3.06. The topological polar surface area (TPSA) is 72.9 Å². The summed E-state index contributed by atoms with van der Waals surface area (Å²) < 4.78 is 37.9. The minimum Gasteiger partial charge on any atom is -0.497 e. The molecule has 3 aromatic carbocycles. The van der Waals surface area contributed by atoms with E-state index in [1.807, 2.05) is 24.3 Å². The number of benzene rings is 3. The van der Waals surface area contributed by atoms with Crippen LogP contribution in [0.25, 0.3) is 10.8 Å². The molecule has 0 unspecified atom stereocenters. The molecular weight excluding hydrogens is 378 g/mol. The maximum Gasteiger partial charge on any atom is 0.326 e. The van der Waals surface area contributed by atoms with E-state index in [9.17, 15) is 13.2 Å². The molecule has 0 saturated heterocycles. The van der Waals surface area contributed by atoms with E-state index < -0.39 is 22.5 Å². The molecule has 0 heterocycles. The summed E-state index contributed by atoms with van der Waals surface area (Å²) in [5, 5.41) is 1.73. The van der Waals surface area contributed by atoms with E-state index in [1.54, 1.807) is 49.4 Å². The molecule has 0 spiro atoms. The molecular formula is C21H21NO5S. The minimum absolute atomic E-state index is 0.103. The lowest BCUT2D eigenvalue weighted by atomic mass is 10.1. The van der Waals surface area contributed by atoms with Gasteiger partial charge < -0.3 is 9.47 Å². The Bertz CT molecular complexity index is 1080. The average Bonchev–Trinajstić information content (AvgIpc) is 2.72. The van der Waals surface area contributed by atoms with Crippen LogP contribution in [-0.4, -0.2) is 34.6 Å². The number of rotatable bonds is 7. The van der Waals surface area contributed by atoms with Crippen molar-refractivity contribution in [2.45, 2.75) is 11.8 Å². The van der Waals surface area contributed by atoms with Gasteiger partial charge in [-0.15, -0.1) is 0 Å². The first kappa shape index (κ1) is 19.7. The zero-order valence-corrected chi connectivity index (χ0v) is 16.5. The van der Waals surface area contributed by atoms with E-state index >= 15 is 0 Å². The van der Waals surface area contributed by atoms with Gasteiger partial charge in [-0.25, -0.2) is 8.42 Å². The van der Waals surface area contributed by atoms with Crippen molar-refractivity contribution in [1.29, 1.82) is 0 Å². The Morgan fingerprint density at radius 3 is 2.29 bits per heavy atom. The molecule has 0 fully saturated rings. The SMILES string of the molecule is CCOC(=O)CN(c1ccc(OC)cc1)S(=O)(=O)c1ccc2ccccc2c1. The van der Waals surface area contributed by atoms with E-state index in [-0.39, 0.29) is 11.5 Å². The van der Waals surface area contributed by atoms with Gasteiger partial charge in [-0.1, -0.05) is 30.3 Å². The number of hydrogen-bond donors (Lipinski definition) is 0. The van der Waals surface area contributed by atoms with Crippen LogP contribution in [0, 0.1) is 0 Å². The van der Waals surface area contributed by atoms with Gasteiger partial charge in [-0.05, 0) is 54.1 Å². The molecule has 3 rings (SSSR count). The normalized spacial score (nSPS) is 11.2. The Morgan fingerprint density at radius 1 is 0.964 bits per heavy atom. The van der Waals surface area contributed by atoms with Crippen molar-refractivity contribution < 1.29 is 22.7 Å². The van der Waals surface area contributed by atoms with Gasteiger partial charge in [-0.3, -0.25) is 9.10 Å². The third-order valence-corrected chi connectivity index (χ3v) is 6.02. The molecule has 0 bridgehead atoms. The van der Waals surface area contributed by atoms with Crippen LogP contribution in [0.2, 0.25) is 0 Å². The van der Waals surface area contributed by atoms with E-state index in [1.165, 1.54) is 7.11 Å². The number of hydrogen-bond acceptors (Lipinski definition) is 5. The predicted octanol–water partition coefficient (Wildman–Crippen LogP) is 3.61. The van der Waals surface area contributed by atoms with Gasteiger partial charge in [-0.2, -0.15) is 0 Å². The molecule has 0 aliphatic heterocycles. The summed E-state index contributed by atoms with van der Waals surface area (Å²) in [6, 6.07) is 18.9. The monoisotopic (exact) mass is 399 g/mol.